The van der Waals surface area contributed by atoms with E-state index in [0.29, 0.717) is 24.1 Å². The smallest absolute Gasteiger partial charge is 0.860 e. The Labute approximate surface area is 137 Å². The molecular weight excluding hydrogens is 231 g/mol. The molecule has 0 unspecified atom stereocenters. The summed E-state index contributed by atoms with van der Waals surface area (Å²) in [5, 5.41) is 11.6. The number of carbonyl (C=O) groups excluding carboxylic acids is 1. The first-order valence-electron chi connectivity index (χ1n) is 4.76. The van der Waals surface area contributed by atoms with E-state index in [4.69, 9.17) is 0 Å². The molecule has 0 N–H and O–H groups in total. The van der Waals surface area contributed by atoms with E-state index in [-0.39, 0.29) is 63.1 Å². The first kappa shape index (κ1) is 13.9. The van der Waals surface area contributed by atoms with Crippen LogP contribution in [0.25, 0.3) is 0 Å². The summed E-state index contributed by atoms with van der Waals surface area (Å²) in [6, 6.07) is 3.37. The third kappa shape index (κ3) is 2.72. The molecule has 0 aliphatic carbocycles. The molecule has 0 saturated heterocycles. The first-order chi connectivity index (χ1) is 7.20. The Morgan fingerprint density at radius 3 is 2.81 bits per heavy atom. The molecule has 0 saturated carbocycles. The SMILES string of the molecule is CN1CCC(C(=O)c2cccnc2)=C1[O-].[K+]. The van der Waals surface area contributed by atoms with Crippen LogP contribution in [0.15, 0.2) is 36.0 Å². The second kappa shape index (κ2) is 5.93. The molecule has 2 heterocycles. The van der Waals surface area contributed by atoms with Gasteiger partial charge in [0.05, 0.1) is 0 Å². The number of carbonyl (C=O) groups is 1. The first-order valence-corrected chi connectivity index (χ1v) is 4.76. The van der Waals surface area contributed by atoms with Crippen molar-refractivity contribution in [2.75, 3.05) is 13.6 Å². The fraction of sp³-hybridized carbons (Fsp3) is 0.273. The molecule has 4 nitrogen and oxygen atoms in total. The molecule has 0 fully saturated rings. The van der Waals surface area contributed by atoms with Gasteiger partial charge in [0.15, 0.2) is 5.78 Å². The Morgan fingerprint density at radius 1 is 1.56 bits per heavy atom. The fourth-order valence-corrected chi connectivity index (χ4v) is 1.60. The molecule has 0 amide bonds. The molecule has 1 aromatic rings. The quantitative estimate of drug-likeness (QED) is 0.414. The van der Waals surface area contributed by atoms with Crippen molar-refractivity contribution in [1.29, 1.82) is 0 Å². The second-order valence-corrected chi connectivity index (χ2v) is 3.53. The van der Waals surface area contributed by atoms with Gasteiger partial charge in [-0.3, -0.25) is 9.78 Å². The number of hydrogen-bond acceptors (Lipinski definition) is 4. The number of hydrogen-bond donors (Lipinski definition) is 0. The maximum atomic E-state index is 11.9. The Morgan fingerprint density at radius 2 is 2.31 bits per heavy atom. The van der Waals surface area contributed by atoms with Crippen molar-refractivity contribution in [3.63, 3.8) is 0 Å². The summed E-state index contributed by atoms with van der Waals surface area (Å²) in [4.78, 5) is 17.3. The maximum Gasteiger partial charge on any atom is 1.00 e. The van der Waals surface area contributed by atoms with Crippen LogP contribution in [0.3, 0.4) is 0 Å². The monoisotopic (exact) mass is 242 g/mol. The van der Waals surface area contributed by atoms with Gasteiger partial charge in [-0.15, -0.1) is 0 Å². The zero-order valence-electron chi connectivity index (χ0n) is 9.43. The van der Waals surface area contributed by atoms with E-state index >= 15 is 0 Å². The molecule has 0 atom stereocenters. The van der Waals surface area contributed by atoms with Gasteiger partial charge < -0.3 is 10.0 Å². The molecule has 5 heteroatoms. The average molecular weight is 242 g/mol. The number of Topliss-reactive ketones (excluding diaryl/α,β-unsaturated/α-hetero) is 1. The number of ketones is 1. The zero-order valence-corrected chi connectivity index (χ0v) is 12.6. The van der Waals surface area contributed by atoms with Crippen molar-refractivity contribution in [3.05, 3.63) is 41.5 Å². The Kier molecular flexibility index (Phi) is 5.14. The van der Waals surface area contributed by atoms with E-state index < -0.39 is 0 Å². The third-order valence-electron chi connectivity index (χ3n) is 2.50. The van der Waals surface area contributed by atoms with E-state index in [0.717, 1.165) is 0 Å². The molecule has 16 heavy (non-hydrogen) atoms. The number of rotatable bonds is 2. The maximum absolute atomic E-state index is 11.9. The van der Waals surface area contributed by atoms with Gasteiger partial charge in [0.1, 0.15) is 0 Å². The molecule has 78 valence electrons. The summed E-state index contributed by atoms with van der Waals surface area (Å²) in [6.45, 7) is 0.625. The number of nitrogens with zero attached hydrogens (tertiary/aromatic N) is 2. The van der Waals surface area contributed by atoms with E-state index in [9.17, 15) is 9.90 Å². The number of aromatic nitrogens is 1. The van der Waals surface area contributed by atoms with Crippen LogP contribution < -0.4 is 56.5 Å². The van der Waals surface area contributed by atoms with Gasteiger partial charge >= 0.3 is 51.4 Å². The Bertz CT molecular complexity index is 417. The summed E-state index contributed by atoms with van der Waals surface area (Å²) in [5.74, 6) is -0.360. The van der Waals surface area contributed by atoms with Crippen LogP contribution in [-0.2, 0) is 0 Å². The van der Waals surface area contributed by atoms with E-state index in [1.165, 1.54) is 6.20 Å². The van der Waals surface area contributed by atoms with Crippen LogP contribution in [0, 0.1) is 0 Å². The van der Waals surface area contributed by atoms with Crippen LogP contribution in [0.5, 0.6) is 0 Å². The number of pyridine rings is 1. The van der Waals surface area contributed by atoms with Crippen molar-refractivity contribution in [3.8, 4) is 0 Å². The molecule has 0 bridgehead atoms. The normalized spacial score (nSPS) is 14.9. The summed E-state index contributed by atoms with van der Waals surface area (Å²) >= 11 is 0. The van der Waals surface area contributed by atoms with Crippen molar-refractivity contribution >= 4 is 5.78 Å². The van der Waals surface area contributed by atoms with E-state index in [1.807, 2.05) is 0 Å². The van der Waals surface area contributed by atoms with Gasteiger partial charge in [-0.05, 0) is 24.4 Å². The summed E-state index contributed by atoms with van der Waals surface area (Å²) in [7, 11) is 1.70. The van der Waals surface area contributed by atoms with Gasteiger partial charge in [0.2, 0.25) is 0 Å². The van der Waals surface area contributed by atoms with Crippen molar-refractivity contribution in [2.24, 2.45) is 0 Å². The zero-order chi connectivity index (χ0) is 10.8. The van der Waals surface area contributed by atoms with Gasteiger partial charge in [-0.1, -0.05) is 0 Å². The second-order valence-electron chi connectivity index (χ2n) is 3.53. The Hall–Kier alpha value is -0.204. The summed E-state index contributed by atoms with van der Waals surface area (Å²) in [5.41, 5.74) is 0.849. The van der Waals surface area contributed by atoms with Crippen LogP contribution in [0.4, 0.5) is 0 Å². The molecule has 0 aromatic carbocycles. The van der Waals surface area contributed by atoms with Crippen LogP contribution >= 0.6 is 0 Å². The molecule has 0 radical (unpaired) electrons. The van der Waals surface area contributed by atoms with Gasteiger partial charge in [0.25, 0.3) is 0 Å². The third-order valence-corrected chi connectivity index (χ3v) is 2.50. The molecule has 1 aromatic heterocycles. The van der Waals surface area contributed by atoms with Crippen LogP contribution in [-0.4, -0.2) is 29.3 Å². The van der Waals surface area contributed by atoms with Crippen LogP contribution in [0.2, 0.25) is 0 Å². The van der Waals surface area contributed by atoms with Gasteiger partial charge in [-0.2, -0.15) is 0 Å². The summed E-state index contributed by atoms with van der Waals surface area (Å²) in [6.07, 6.45) is 3.62. The molecular formula is C11H11KN2O2. The van der Waals surface area contributed by atoms with Crippen molar-refractivity contribution in [2.45, 2.75) is 6.42 Å². The van der Waals surface area contributed by atoms with Crippen molar-refractivity contribution in [1.82, 2.24) is 9.88 Å². The van der Waals surface area contributed by atoms with Crippen molar-refractivity contribution < 1.29 is 61.3 Å². The molecule has 1 aliphatic rings. The molecule has 1 aliphatic heterocycles. The topological polar surface area (TPSA) is 56.3 Å². The Balaban J connectivity index is 0.00000128. The van der Waals surface area contributed by atoms with Crippen LogP contribution in [0.1, 0.15) is 16.8 Å². The van der Waals surface area contributed by atoms with Gasteiger partial charge in [-0.25, -0.2) is 0 Å². The standard InChI is InChI=1S/C11H12N2O2.K/c1-13-6-4-9(11(13)15)10(14)8-3-2-5-12-7-8;/h2-3,5,7,15H,4,6H2,1H3;/q;+1/p-1. The van der Waals surface area contributed by atoms with E-state index in [2.05, 4.69) is 4.98 Å². The largest absolute Gasteiger partial charge is 1.00 e. The summed E-state index contributed by atoms with van der Waals surface area (Å²) < 4.78 is 0. The molecule has 0 spiro atoms. The average Bonchev–Trinajstić information content (AvgIpc) is 2.60. The van der Waals surface area contributed by atoms with Gasteiger partial charge in [0, 0.05) is 37.1 Å². The predicted octanol–water partition coefficient (Wildman–Crippen LogP) is -2.82. The fourth-order valence-electron chi connectivity index (χ4n) is 1.60. The van der Waals surface area contributed by atoms with E-state index in [1.54, 1.807) is 30.3 Å². The minimum atomic E-state index is -0.197. The predicted molar refractivity (Wildman–Crippen MR) is 52.8 cm³/mol. The minimum absolute atomic E-state index is 0. The minimum Gasteiger partial charge on any atom is -0.860 e. The molecule has 2 rings (SSSR count).